The van der Waals surface area contributed by atoms with Gasteiger partial charge in [0.25, 0.3) is 0 Å². The van der Waals surface area contributed by atoms with Gasteiger partial charge >= 0.3 is 0 Å². The van der Waals surface area contributed by atoms with Gasteiger partial charge in [-0.25, -0.2) is 0 Å². The smallest absolute Gasteiger partial charge is 0.250 e. The van der Waals surface area contributed by atoms with Crippen molar-refractivity contribution >= 4 is 45.9 Å². The summed E-state index contributed by atoms with van der Waals surface area (Å²) >= 11 is 5.25. The van der Waals surface area contributed by atoms with Gasteiger partial charge in [0.1, 0.15) is 11.5 Å². The topological polar surface area (TPSA) is 67.2 Å². The van der Waals surface area contributed by atoms with Gasteiger partial charge in [-0.05, 0) is 42.6 Å². The molecule has 2 N–H and O–H groups in total. The van der Waals surface area contributed by atoms with Crippen LogP contribution in [0.4, 0.5) is 5.69 Å². The van der Waals surface area contributed by atoms with Gasteiger partial charge in [0, 0.05) is 23.2 Å². The van der Waals surface area contributed by atoms with E-state index in [0.717, 1.165) is 27.9 Å². The third-order valence-corrected chi connectivity index (χ3v) is 4.41. The van der Waals surface area contributed by atoms with Gasteiger partial charge in [-0.3, -0.25) is 15.1 Å². The number of para-hydroxylation sites is 1. The fraction of sp³-hybridized carbons (Fsp3) is 0. The fourth-order valence-corrected chi connectivity index (χ4v) is 3.08. The van der Waals surface area contributed by atoms with E-state index in [2.05, 4.69) is 15.6 Å². The molecule has 142 valence electrons. The molecule has 0 aliphatic carbocycles. The number of amides is 1. The standard InChI is InChI=1S/C23H17N3O2S/c27-21(14-12-18-11-13-20(28-18)16-6-2-1-3-7-16)26-23(29)25-19-10-4-8-17-9-5-15-24-22(17)19/h1-15H,(H2,25,26,27,29)/b14-12+. The maximum absolute atomic E-state index is 12.2. The van der Waals surface area contributed by atoms with Crippen LogP contribution in [0.1, 0.15) is 5.76 Å². The number of furan rings is 1. The Morgan fingerprint density at radius 1 is 0.966 bits per heavy atom. The lowest BCUT2D eigenvalue weighted by molar-refractivity contribution is -0.115. The molecule has 0 aliphatic rings. The molecule has 29 heavy (non-hydrogen) atoms. The van der Waals surface area contributed by atoms with Gasteiger partial charge in [-0.15, -0.1) is 0 Å². The van der Waals surface area contributed by atoms with Gasteiger partial charge in [0.15, 0.2) is 5.11 Å². The number of carbonyl (C=O) groups is 1. The first-order chi connectivity index (χ1) is 14.2. The van der Waals surface area contributed by atoms with Gasteiger partial charge in [0.05, 0.1) is 11.2 Å². The predicted octanol–water partition coefficient (Wildman–Crippen LogP) is 5.02. The van der Waals surface area contributed by atoms with E-state index in [1.54, 1.807) is 12.3 Å². The van der Waals surface area contributed by atoms with Gasteiger partial charge in [-0.2, -0.15) is 0 Å². The minimum Gasteiger partial charge on any atom is -0.457 e. The molecule has 5 nitrogen and oxygen atoms in total. The van der Waals surface area contributed by atoms with E-state index in [1.807, 2.05) is 72.8 Å². The summed E-state index contributed by atoms with van der Waals surface area (Å²) in [6.07, 6.45) is 4.69. The van der Waals surface area contributed by atoms with Crippen LogP contribution in [0.25, 0.3) is 28.3 Å². The molecule has 6 heteroatoms. The third kappa shape index (κ3) is 4.56. The second-order valence-electron chi connectivity index (χ2n) is 6.23. The zero-order valence-electron chi connectivity index (χ0n) is 15.3. The molecular weight excluding hydrogens is 382 g/mol. The lowest BCUT2D eigenvalue weighted by atomic mass is 10.2. The van der Waals surface area contributed by atoms with Crippen molar-refractivity contribution in [2.24, 2.45) is 0 Å². The quantitative estimate of drug-likeness (QED) is 0.372. The number of pyridine rings is 1. The van der Waals surface area contributed by atoms with E-state index in [-0.39, 0.29) is 11.0 Å². The number of hydrogen-bond acceptors (Lipinski definition) is 4. The van der Waals surface area contributed by atoms with Crippen LogP contribution >= 0.6 is 12.2 Å². The fourth-order valence-electron chi connectivity index (χ4n) is 2.87. The van der Waals surface area contributed by atoms with Crippen LogP contribution in [0.5, 0.6) is 0 Å². The van der Waals surface area contributed by atoms with Crippen molar-refractivity contribution < 1.29 is 9.21 Å². The maximum Gasteiger partial charge on any atom is 0.250 e. The number of carbonyl (C=O) groups excluding carboxylic acids is 1. The molecule has 0 fully saturated rings. The first kappa shape index (κ1) is 18.6. The van der Waals surface area contributed by atoms with Crippen LogP contribution < -0.4 is 10.6 Å². The Morgan fingerprint density at radius 3 is 2.66 bits per heavy atom. The maximum atomic E-state index is 12.2. The van der Waals surface area contributed by atoms with Crippen LogP contribution in [0.2, 0.25) is 0 Å². The molecular formula is C23H17N3O2S. The van der Waals surface area contributed by atoms with Crippen LogP contribution in [0.3, 0.4) is 0 Å². The Morgan fingerprint density at radius 2 is 1.79 bits per heavy atom. The number of nitrogens with zero attached hydrogens (tertiary/aromatic N) is 1. The highest BCUT2D eigenvalue weighted by Gasteiger charge is 2.06. The second kappa shape index (κ2) is 8.50. The number of thiocarbonyl (C=S) groups is 1. The molecule has 2 aromatic carbocycles. The molecule has 2 aromatic heterocycles. The monoisotopic (exact) mass is 399 g/mol. The van der Waals surface area contributed by atoms with E-state index in [1.165, 1.54) is 6.08 Å². The molecule has 0 aliphatic heterocycles. The van der Waals surface area contributed by atoms with Gasteiger partial charge < -0.3 is 9.73 Å². The molecule has 0 radical (unpaired) electrons. The van der Waals surface area contributed by atoms with E-state index >= 15 is 0 Å². The van der Waals surface area contributed by atoms with Gasteiger partial charge in [-0.1, -0.05) is 48.5 Å². The van der Waals surface area contributed by atoms with Crippen molar-refractivity contribution in [2.45, 2.75) is 0 Å². The van der Waals surface area contributed by atoms with Crippen molar-refractivity contribution in [3.8, 4) is 11.3 Å². The SMILES string of the molecule is O=C(/C=C/c1ccc(-c2ccccc2)o1)NC(=S)Nc1cccc2cccnc12. The highest BCUT2D eigenvalue weighted by molar-refractivity contribution is 7.80. The molecule has 1 amide bonds. The number of aromatic nitrogens is 1. The second-order valence-corrected chi connectivity index (χ2v) is 6.63. The first-order valence-electron chi connectivity index (χ1n) is 8.98. The molecule has 2 heterocycles. The van der Waals surface area contributed by atoms with E-state index in [9.17, 15) is 4.79 Å². The molecule has 0 unspecified atom stereocenters. The zero-order valence-corrected chi connectivity index (χ0v) is 16.1. The lowest BCUT2D eigenvalue weighted by Crippen LogP contribution is -2.32. The summed E-state index contributed by atoms with van der Waals surface area (Å²) < 4.78 is 5.75. The summed E-state index contributed by atoms with van der Waals surface area (Å²) in [6, 6.07) is 23.0. The normalized spacial score (nSPS) is 10.9. The predicted molar refractivity (Wildman–Crippen MR) is 119 cm³/mol. The Hall–Kier alpha value is -3.77. The molecule has 0 spiro atoms. The summed E-state index contributed by atoms with van der Waals surface area (Å²) in [5.74, 6) is 0.968. The summed E-state index contributed by atoms with van der Waals surface area (Å²) in [5, 5.41) is 6.83. The molecule has 0 bridgehead atoms. The molecule has 4 aromatic rings. The minimum absolute atomic E-state index is 0.197. The van der Waals surface area contributed by atoms with E-state index in [4.69, 9.17) is 16.6 Å². The Bertz CT molecular complexity index is 1190. The molecule has 0 atom stereocenters. The number of anilines is 1. The number of benzene rings is 2. The number of fused-ring (bicyclic) bond motifs is 1. The van der Waals surface area contributed by atoms with Crippen LogP contribution in [0, 0.1) is 0 Å². The van der Waals surface area contributed by atoms with Crippen LogP contribution in [-0.2, 0) is 4.79 Å². The number of rotatable bonds is 4. The van der Waals surface area contributed by atoms with Crippen molar-refractivity contribution in [3.05, 3.63) is 90.8 Å². The van der Waals surface area contributed by atoms with Crippen molar-refractivity contribution in [3.63, 3.8) is 0 Å². The van der Waals surface area contributed by atoms with Crippen LogP contribution in [-0.4, -0.2) is 16.0 Å². The zero-order chi connectivity index (χ0) is 20.1. The summed E-state index contributed by atoms with van der Waals surface area (Å²) in [6.45, 7) is 0. The highest BCUT2D eigenvalue weighted by Crippen LogP contribution is 2.22. The largest absolute Gasteiger partial charge is 0.457 e. The van der Waals surface area contributed by atoms with Crippen molar-refractivity contribution in [1.29, 1.82) is 0 Å². The third-order valence-electron chi connectivity index (χ3n) is 4.20. The average Bonchev–Trinajstić information content (AvgIpc) is 3.22. The number of hydrogen-bond donors (Lipinski definition) is 2. The van der Waals surface area contributed by atoms with Crippen LogP contribution in [0.15, 0.2) is 89.5 Å². The Kier molecular flexibility index (Phi) is 5.45. The Balaban J connectivity index is 1.38. The average molecular weight is 399 g/mol. The highest BCUT2D eigenvalue weighted by atomic mass is 32.1. The van der Waals surface area contributed by atoms with Crippen molar-refractivity contribution in [2.75, 3.05) is 5.32 Å². The molecule has 0 saturated carbocycles. The lowest BCUT2D eigenvalue weighted by Gasteiger charge is -2.10. The summed E-state index contributed by atoms with van der Waals surface area (Å²) in [4.78, 5) is 16.5. The van der Waals surface area contributed by atoms with E-state index < -0.39 is 0 Å². The Labute approximate surface area is 173 Å². The molecule has 4 rings (SSSR count). The summed E-state index contributed by atoms with van der Waals surface area (Å²) in [7, 11) is 0. The molecule has 0 saturated heterocycles. The summed E-state index contributed by atoms with van der Waals surface area (Å²) in [5.41, 5.74) is 2.49. The van der Waals surface area contributed by atoms with Crippen molar-refractivity contribution in [1.82, 2.24) is 10.3 Å². The number of nitrogens with one attached hydrogen (secondary N) is 2. The first-order valence-corrected chi connectivity index (χ1v) is 9.39. The van der Waals surface area contributed by atoms with E-state index in [0.29, 0.717) is 5.76 Å². The minimum atomic E-state index is -0.353. The van der Waals surface area contributed by atoms with Gasteiger partial charge in [0.2, 0.25) is 5.91 Å².